The number of fused-ring (bicyclic) bond motifs is 2. The maximum absolute atomic E-state index is 11.8. The van der Waals surface area contributed by atoms with Crippen molar-refractivity contribution in [2.45, 2.75) is 0 Å². The number of benzene rings is 1. The highest BCUT2D eigenvalue weighted by Gasteiger charge is 2.18. The number of aromatic nitrogens is 3. The van der Waals surface area contributed by atoms with Crippen molar-refractivity contribution in [3.8, 4) is 11.3 Å². The van der Waals surface area contributed by atoms with Crippen LogP contribution in [0.5, 0.6) is 0 Å². The standard InChI is InChI=1S/C16H12ClN5OS/c1-19-15(23)7-2-3-8-10(4-7)22-13(12(8)17)9-5-24-16-11(9)14(18)20-6-21-16/h2-6,22H,1H3,(H,19,23)(H2,18,20,21). The van der Waals surface area contributed by atoms with Gasteiger partial charge in [-0.15, -0.1) is 11.3 Å². The van der Waals surface area contributed by atoms with E-state index < -0.39 is 0 Å². The summed E-state index contributed by atoms with van der Waals surface area (Å²) < 4.78 is 0. The molecule has 0 aliphatic rings. The van der Waals surface area contributed by atoms with E-state index in [1.54, 1.807) is 19.2 Å². The number of hydrogen-bond acceptors (Lipinski definition) is 5. The number of nitrogens with one attached hydrogen (secondary N) is 2. The summed E-state index contributed by atoms with van der Waals surface area (Å²) in [4.78, 5) is 24.2. The Labute approximate surface area is 145 Å². The molecule has 24 heavy (non-hydrogen) atoms. The second kappa shape index (κ2) is 5.47. The molecule has 0 radical (unpaired) electrons. The van der Waals surface area contributed by atoms with E-state index in [4.69, 9.17) is 17.3 Å². The third-order valence-corrected chi connectivity index (χ3v) is 5.17. The number of thiophene rings is 1. The molecule has 0 saturated heterocycles. The molecule has 4 aromatic rings. The number of H-pyrrole nitrogens is 1. The number of halogens is 1. The van der Waals surface area contributed by atoms with Gasteiger partial charge in [0.15, 0.2) is 0 Å². The Morgan fingerprint density at radius 3 is 3.00 bits per heavy atom. The van der Waals surface area contributed by atoms with Crippen molar-refractivity contribution in [2.24, 2.45) is 0 Å². The van der Waals surface area contributed by atoms with Crippen molar-refractivity contribution in [3.05, 3.63) is 40.5 Å². The maximum atomic E-state index is 11.8. The fraction of sp³-hybridized carbons (Fsp3) is 0.0625. The monoisotopic (exact) mass is 357 g/mol. The maximum Gasteiger partial charge on any atom is 0.251 e. The van der Waals surface area contributed by atoms with Gasteiger partial charge in [-0.3, -0.25) is 4.79 Å². The zero-order valence-corrected chi connectivity index (χ0v) is 14.1. The van der Waals surface area contributed by atoms with Crippen molar-refractivity contribution in [2.75, 3.05) is 12.8 Å². The molecular formula is C16H12ClN5OS. The lowest BCUT2D eigenvalue weighted by molar-refractivity contribution is 0.0963. The zero-order chi connectivity index (χ0) is 16.8. The van der Waals surface area contributed by atoms with Crippen LogP contribution in [0.25, 0.3) is 32.4 Å². The fourth-order valence-corrected chi connectivity index (χ4v) is 3.94. The van der Waals surface area contributed by atoms with Gasteiger partial charge in [0.05, 0.1) is 16.1 Å². The number of carbonyl (C=O) groups is 1. The molecule has 0 atom stereocenters. The number of aromatic amines is 1. The van der Waals surface area contributed by atoms with Crippen LogP contribution < -0.4 is 11.1 Å². The van der Waals surface area contributed by atoms with E-state index in [1.165, 1.54) is 17.7 Å². The second-order valence-electron chi connectivity index (χ2n) is 5.24. The minimum absolute atomic E-state index is 0.150. The van der Waals surface area contributed by atoms with Gasteiger partial charge in [-0.25, -0.2) is 9.97 Å². The molecule has 8 heteroatoms. The molecule has 0 bridgehead atoms. The van der Waals surface area contributed by atoms with Crippen molar-refractivity contribution in [3.63, 3.8) is 0 Å². The quantitative estimate of drug-likeness (QED) is 0.512. The van der Waals surface area contributed by atoms with Gasteiger partial charge >= 0.3 is 0 Å². The average molecular weight is 358 g/mol. The van der Waals surface area contributed by atoms with E-state index >= 15 is 0 Å². The summed E-state index contributed by atoms with van der Waals surface area (Å²) in [6.07, 6.45) is 1.44. The van der Waals surface area contributed by atoms with Gasteiger partial charge in [0.2, 0.25) is 0 Å². The Bertz CT molecular complexity index is 1100. The molecule has 120 valence electrons. The molecule has 6 nitrogen and oxygen atoms in total. The van der Waals surface area contributed by atoms with Crippen molar-refractivity contribution >= 4 is 55.8 Å². The van der Waals surface area contributed by atoms with Gasteiger partial charge in [0.1, 0.15) is 17.0 Å². The molecular weight excluding hydrogens is 346 g/mol. The van der Waals surface area contributed by atoms with Crippen LogP contribution in [-0.2, 0) is 0 Å². The highest BCUT2D eigenvalue weighted by Crippen LogP contribution is 2.41. The summed E-state index contributed by atoms with van der Waals surface area (Å²) in [6.45, 7) is 0. The number of amides is 1. The summed E-state index contributed by atoms with van der Waals surface area (Å²) in [5.74, 6) is 0.264. The highest BCUT2D eigenvalue weighted by molar-refractivity contribution is 7.17. The molecule has 0 unspecified atom stereocenters. The summed E-state index contributed by atoms with van der Waals surface area (Å²) >= 11 is 8.04. The average Bonchev–Trinajstić information content (AvgIpc) is 3.16. The van der Waals surface area contributed by atoms with Crippen LogP contribution in [-0.4, -0.2) is 27.9 Å². The van der Waals surface area contributed by atoms with E-state index in [2.05, 4.69) is 20.3 Å². The lowest BCUT2D eigenvalue weighted by Crippen LogP contribution is -2.17. The lowest BCUT2D eigenvalue weighted by Gasteiger charge is -1.99. The molecule has 4 N–H and O–H groups in total. The predicted octanol–water partition coefficient (Wildman–Crippen LogP) is 3.43. The molecule has 1 aromatic carbocycles. The molecule has 0 aliphatic heterocycles. The van der Waals surface area contributed by atoms with Crippen LogP contribution in [0.4, 0.5) is 5.82 Å². The first-order chi connectivity index (χ1) is 11.6. The van der Waals surface area contributed by atoms with Gasteiger partial charge in [-0.2, -0.15) is 0 Å². The van der Waals surface area contributed by atoms with Crippen LogP contribution in [0.15, 0.2) is 29.9 Å². The molecule has 0 fully saturated rings. The summed E-state index contributed by atoms with van der Waals surface area (Å²) in [5.41, 5.74) is 8.96. The van der Waals surface area contributed by atoms with Gasteiger partial charge < -0.3 is 16.0 Å². The van der Waals surface area contributed by atoms with Gasteiger partial charge in [-0.05, 0) is 12.1 Å². The van der Waals surface area contributed by atoms with Gasteiger partial charge in [-0.1, -0.05) is 17.7 Å². The first-order valence-electron chi connectivity index (χ1n) is 7.11. The largest absolute Gasteiger partial charge is 0.383 e. The van der Waals surface area contributed by atoms with Crippen molar-refractivity contribution < 1.29 is 4.79 Å². The number of nitrogens with two attached hydrogens (primary N) is 1. The smallest absolute Gasteiger partial charge is 0.251 e. The normalized spacial score (nSPS) is 11.2. The van der Waals surface area contributed by atoms with E-state index in [9.17, 15) is 4.79 Å². The third kappa shape index (κ3) is 2.13. The molecule has 4 rings (SSSR count). The summed E-state index contributed by atoms with van der Waals surface area (Å²) in [6, 6.07) is 5.35. The lowest BCUT2D eigenvalue weighted by atomic mass is 10.1. The third-order valence-electron chi connectivity index (χ3n) is 3.89. The minimum atomic E-state index is -0.150. The van der Waals surface area contributed by atoms with Crippen LogP contribution >= 0.6 is 22.9 Å². The first kappa shape index (κ1) is 14.9. The Kier molecular flexibility index (Phi) is 3.40. The second-order valence-corrected chi connectivity index (χ2v) is 6.48. The number of hydrogen-bond donors (Lipinski definition) is 3. The van der Waals surface area contributed by atoms with Gasteiger partial charge in [0.25, 0.3) is 5.91 Å². The highest BCUT2D eigenvalue weighted by atomic mass is 35.5. The topological polar surface area (TPSA) is 96.7 Å². The van der Waals surface area contributed by atoms with E-state index in [0.717, 1.165) is 32.4 Å². The fourth-order valence-electron chi connectivity index (χ4n) is 2.72. The molecule has 3 aromatic heterocycles. The van der Waals surface area contributed by atoms with Gasteiger partial charge in [0, 0.05) is 34.5 Å². The number of carbonyl (C=O) groups excluding carboxylic acids is 1. The molecule has 0 aliphatic carbocycles. The Morgan fingerprint density at radius 2 is 2.21 bits per heavy atom. The SMILES string of the molecule is CNC(=O)c1ccc2c(Cl)c(-c3csc4ncnc(N)c34)[nH]c2c1. The molecule has 0 saturated carbocycles. The van der Waals surface area contributed by atoms with Crippen LogP contribution in [0.3, 0.4) is 0 Å². The Hall–Kier alpha value is -2.64. The predicted molar refractivity (Wildman–Crippen MR) is 97.5 cm³/mol. The van der Waals surface area contributed by atoms with Crippen molar-refractivity contribution in [1.29, 1.82) is 0 Å². The zero-order valence-electron chi connectivity index (χ0n) is 12.6. The van der Waals surface area contributed by atoms with Crippen LogP contribution in [0.2, 0.25) is 5.02 Å². The number of nitrogen functional groups attached to an aromatic ring is 1. The first-order valence-corrected chi connectivity index (χ1v) is 8.37. The molecule has 1 amide bonds. The number of rotatable bonds is 2. The van der Waals surface area contributed by atoms with E-state index in [0.29, 0.717) is 16.4 Å². The number of anilines is 1. The van der Waals surface area contributed by atoms with Crippen LogP contribution in [0.1, 0.15) is 10.4 Å². The minimum Gasteiger partial charge on any atom is -0.383 e. The van der Waals surface area contributed by atoms with Crippen LogP contribution in [0, 0.1) is 0 Å². The molecule has 0 spiro atoms. The Morgan fingerprint density at radius 1 is 1.38 bits per heavy atom. The van der Waals surface area contributed by atoms with E-state index in [1.807, 2.05) is 11.4 Å². The van der Waals surface area contributed by atoms with Crippen molar-refractivity contribution in [1.82, 2.24) is 20.3 Å². The van der Waals surface area contributed by atoms with E-state index in [-0.39, 0.29) is 5.91 Å². The summed E-state index contributed by atoms with van der Waals surface area (Å²) in [7, 11) is 1.60. The number of nitrogens with zero attached hydrogens (tertiary/aromatic N) is 2. The summed E-state index contributed by atoms with van der Waals surface area (Å²) in [5, 5.41) is 6.76. The Balaban J connectivity index is 1.96. The molecule has 3 heterocycles.